The zero-order chi connectivity index (χ0) is 39.1. The van der Waals surface area contributed by atoms with Crippen LogP contribution in [0.5, 0.6) is 0 Å². The lowest BCUT2D eigenvalue weighted by Crippen LogP contribution is -2.67. The van der Waals surface area contributed by atoms with Crippen molar-refractivity contribution in [2.24, 2.45) is 0 Å². The highest BCUT2D eigenvalue weighted by atomic mass is 16.8. The maximum atomic E-state index is 13.3. The van der Waals surface area contributed by atoms with E-state index in [4.69, 9.17) is 47.4 Å². The number of rotatable bonds is 14. The third kappa shape index (κ3) is 8.97. The van der Waals surface area contributed by atoms with Gasteiger partial charge in [-0.2, -0.15) is 0 Å². The van der Waals surface area contributed by atoms with Crippen LogP contribution in [0.3, 0.4) is 0 Å². The van der Waals surface area contributed by atoms with E-state index >= 15 is 0 Å². The Hall–Kier alpha value is -4.54. The van der Waals surface area contributed by atoms with Crippen molar-refractivity contribution < 1.29 is 57.0 Å². The molecule has 0 aliphatic carbocycles. The van der Waals surface area contributed by atoms with Gasteiger partial charge in [-0.3, -0.25) is 4.79 Å². The Labute approximate surface area is 331 Å². The summed E-state index contributed by atoms with van der Waals surface area (Å²) in [4.78, 5) is 27.1. The first-order valence-corrected chi connectivity index (χ1v) is 19.2. The van der Waals surface area contributed by atoms with Crippen LogP contribution in [-0.2, 0) is 72.0 Å². The Balaban J connectivity index is 1.13. The zero-order valence-electron chi connectivity index (χ0n) is 31.8. The second-order valence-electron chi connectivity index (χ2n) is 14.4. The molecule has 4 saturated heterocycles. The van der Waals surface area contributed by atoms with E-state index in [0.29, 0.717) is 0 Å². The molecule has 13 heteroatoms. The van der Waals surface area contributed by atoms with Crippen LogP contribution in [0.2, 0.25) is 0 Å². The molecule has 4 aromatic rings. The summed E-state index contributed by atoms with van der Waals surface area (Å²) in [7, 11) is 1.45. The number of ether oxygens (including phenoxy) is 10. The van der Waals surface area contributed by atoms with Crippen LogP contribution in [0.15, 0.2) is 121 Å². The molecule has 4 aromatic carbocycles. The highest BCUT2D eigenvalue weighted by Gasteiger charge is 2.61. The molecule has 4 aliphatic rings. The molecule has 0 saturated carbocycles. The van der Waals surface area contributed by atoms with Crippen LogP contribution in [-0.4, -0.2) is 98.6 Å². The number of amides is 2. The largest absolute Gasteiger partial charge is 0.440 e. The van der Waals surface area contributed by atoms with E-state index in [1.807, 2.05) is 121 Å². The van der Waals surface area contributed by atoms with E-state index < -0.39 is 79.6 Å². The van der Waals surface area contributed by atoms with E-state index in [0.717, 1.165) is 27.2 Å². The molecule has 4 heterocycles. The molecule has 4 fully saturated rings. The van der Waals surface area contributed by atoms with Crippen LogP contribution in [0.1, 0.15) is 35.5 Å². The van der Waals surface area contributed by atoms with Gasteiger partial charge >= 0.3 is 6.09 Å². The average Bonchev–Trinajstić information content (AvgIpc) is 3.61. The van der Waals surface area contributed by atoms with E-state index in [1.54, 1.807) is 0 Å². The number of carbonyl (C=O) groups excluding carboxylic acids is 2. The fourth-order valence-corrected chi connectivity index (χ4v) is 7.78. The van der Waals surface area contributed by atoms with Gasteiger partial charge in [0, 0.05) is 19.6 Å². The molecule has 8 rings (SSSR count). The van der Waals surface area contributed by atoms with Gasteiger partial charge in [0.1, 0.15) is 42.7 Å². The maximum absolute atomic E-state index is 13.3. The third-order valence-electron chi connectivity index (χ3n) is 10.5. The van der Waals surface area contributed by atoms with Crippen molar-refractivity contribution in [1.82, 2.24) is 4.90 Å². The van der Waals surface area contributed by atoms with Crippen molar-refractivity contribution in [3.05, 3.63) is 144 Å². The lowest BCUT2D eigenvalue weighted by atomic mass is 9.94. The number of methoxy groups -OCH3 is 1. The lowest BCUT2D eigenvalue weighted by molar-refractivity contribution is -0.389. The summed E-state index contributed by atoms with van der Waals surface area (Å²) in [6.07, 6.45) is -9.38. The monoisotopic (exact) mass is 781 g/mol. The number of hydrogen-bond donors (Lipinski definition) is 0. The highest BCUT2D eigenvalue weighted by molar-refractivity contribution is 5.92. The number of fused-ring (bicyclic) bond motifs is 2. The predicted molar refractivity (Wildman–Crippen MR) is 202 cm³/mol. The third-order valence-corrected chi connectivity index (χ3v) is 10.5. The molecule has 2 amide bonds. The fourth-order valence-electron chi connectivity index (χ4n) is 7.78. The van der Waals surface area contributed by atoms with Crippen molar-refractivity contribution in [2.45, 2.75) is 94.4 Å². The van der Waals surface area contributed by atoms with Gasteiger partial charge in [-0.15, -0.1) is 0 Å². The van der Waals surface area contributed by atoms with Gasteiger partial charge in [-0.1, -0.05) is 121 Å². The number of carbonyl (C=O) groups is 2. The molecule has 0 aromatic heterocycles. The van der Waals surface area contributed by atoms with Gasteiger partial charge in [-0.25, -0.2) is 9.69 Å². The summed E-state index contributed by atoms with van der Waals surface area (Å²) in [5.74, 6) is -0.518. The van der Waals surface area contributed by atoms with E-state index in [1.165, 1.54) is 14.0 Å². The van der Waals surface area contributed by atoms with Gasteiger partial charge < -0.3 is 47.4 Å². The highest BCUT2D eigenvalue weighted by Crippen LogP contribution is 2.41. The minimum atomic E-state index is -1.12. The normalized spacial score (nSPS) is 30.9. The summed E-state index contributed by atoms with van der Waals surface area (Å²) in [5, 5.41) is 0. The maximum Gasteiger partial charge on any atom is 0.417 e. The van der Waals surface area contributed by atoms with Crippen LogP contribution >= 0.6 is 0 Å². The van der Waals surface area contributed by atoms with Gasteiger partial charge in [0.15, 0.2) is 25.0 Å². The summed E-state index contributed by atoms with van der Waals surface area (Å²) < 4.78 is 64.5. The molecular weight excluding hydrogens is 734 g/mol. The van der Waals surface area contributed by atoms with E-state index in [-0.39, 0.29) is 33.0 Å². The molecule has 11 atom stereocenters. The predicted octanol–water partition coefficient (Wildman–Crippen LogP) is 5.71. The molecule has 0 N–H and O–H groups in total. The Morgan fingerprint density at radius 1 is 0.684 bits per heavy atom. The molecule has 0 bridgehead atoms. The van der Waals surface area contributed by atoms with Gasteiger partial charge in [-0.05, 0) is 16.7 Å². The Morgan fingerprint density at radius 2 is 1.26 bits per heavy atom. The first-order chi connectivity index (χ1) is 28.0. The number of benzene rings is 4. The van der Waals surface area contributed by atoms with E-state index in [2.05, 4.69) is 0 Å². The molecule has 13 nitrogen and oxygen atoms in total. The standard InChI is InChI=1S/C44H47NO12/c1-28(46)45-35-38(57-44(45)47)36(33(53-42(35)48-2)26-49-23-29-15-7-3-8-16-29)56-43-40(51-25-31-19-11-5-12-20-31)39(50-24-30-17-9-4-10-18-30)37-34(54-43)27-52-41(55-37)32-21-13-6-14-22-32/h3-22,33-43H,23-27H2,1-2H3/t33-,34-,35-,36-,37-,38-,39+,40-,41?,42+,43-/m1/s1. The molecule has 4 aliphatic heterocycles. The van der Waals surface area contributed by atoms with Crippen LogP contribution in [0.25, 0.3) is 0 Å². The number of imide groups is 1. The smallest absolute Gasteiger partial charge is 0.417 e. The Kier molecular flexibility index (Phi) is 12.7. The summed E-state index contributed by atoms with van der Waals surface area (Å²) in [6.45, 7) is 2.23. The lowest BCUT2D eigenvalue weighted by Gasteiger charge is -2.50. The average molecular weight is 782 g/mol. The first-order valence-electron chi connectivity index (χ1n) is 19.2. The topological polar surface area (TPSA) is 130 Å². The Bertz CT molecular complexity index is 1890. The quantitative estimate of drug-likeness (QED) is 0.156. The minimum absolute atomic E-state index is 0.0352. The van der Waals surface area contributed by atoms with Crippen molar-refractivity contribution in [2.75, 3.05) is 20.3 Å². The van der Waals surface area contributed by atoms with Crippen molar-refractivity contribution >= 4 is 12.0 Å². The van der Waals surface area contributed by atoms with Crippen LogP contribution in [0, 0.1) is 0 Å². The van der Waals surface area contributed by atoms with Crippen molar-refractivity contribution in [3.63, 3.8) is 0 Å². The summed E-state index contributed by atoms with van der Waals surface area (Å²) in [5.41, 5.74) is 3.70. The molecule has 300 valence electrons. The van der Waals surface area contributed by atoms with Gasteiger partial charge in [0.25, 0.3) is 0 Å². The van der Waals surface area contributed by atoms with Gasteiger partial charge in [0.05, 0.1) is 33.0 Å². The molecular formula is C44H47NO12. The number of hydrogen-bond acceptors (Lipinski definition) is 12. The molecule has 1 unspecified atom stereocenters. The van der Waals surface area contributed by atoms with Crippen molar-refractivity contribution in [3.8, 4) is 0 Å². The zero-order valence-corrected chi connectivity index (χ0v) is 31.8. The minimum Gasteiger partial charge on any atom is -0.440 e. The first kappa shape index (κ1) is 39.3. The summed E-state index contributed by atoms with van der Waals surface area (Å²) in [6, 6.07) is 38.1. The van der Waals surface area contributed by atoms with Crippen LogP contribution in [0.4, 0.5) is 4.79 Å². The van der Waals surface area contributed by atoms with Crippen LogP contribution < -0.4 is 0 Å². The Morgan fingerprint density at radius 3 is 1.86 bits per heavy atom. The number of nitrogens with zero attached hydrogens (tertiary/aromatic N) is 1. The summed E-state index contributed by atoms with van der Waals surface area (Å²) >= 11 is 0. The SMILES string of the molecule is CO[C@H]1O[C@H](COCc2ccccc2)[C@@H](O[C@H]2O[C@@H]3COC(c4ccccc4)O[C@H]3[C@H](OCc3ccccc3)[C@H]2OCc2ccccc2)[C@@H]2OC(=O)N(C(C)=O)[C@@H]12. The second-order valence-corrected chi connectivity index (χ2v) is 14.4. The second kappa shape index (κ2) is 18.4. The molecule has 57 heavy (non-hydrogen) atoms. The molecule has 0 radical (unpaired) electrons. The fraction of sp³-hybridized carbons (Fsp3) is 0.409. The molecule has 0 spiro atoms. The van der Waals surface area contributed by atoms with Crippen molar-refractivity contribution in [1.29, 1.82) is 0 Å². The van der Waals surface area contributed by atoms with Gasteiger partial charge in [0.2, 0.25) is 5.91 Å². The van der Waals surface area contributed by atoms with E-state index in [9.17, 15) is 9.59 Å².